The number of aromatic amines is 1. The molecule has 3 aromatic rings. The molecule has 0 radical (unpaired) electrons. The highest BCUT2D eigenvalue weighted by atomic mass is 19.1. The van der Waals surface area contributed by atoms with Crippen LogP contribution in [0.25, 0.3) is 22.3 Å². The molecule has 0 spiro atoms. The lowest BCUT2D eigenvalue weighted by molar-refractivity contribution is 0.243. The molecule has 0 amide bonds. The van der Waals surface area contributed by atoms with E-state index < -0.39 is 6.17 Å². The first kappa shape index (κ1) is 15.8. The number of aromatic nitrogens is 4. The molecule has 6 nitrogen and oxygen atoms in total. The van der Waals surface area contributed by atoms with Crippen LogP contribution in [-0.2, 0) is 0 Å². The second-order valence-electron chi connectivity index (χ2n) is 6.54. The molecule has 0 unspecified atom stereocenters. The second kappa shape index (κ2) is 6.31. The summed E-state index contributed by atoms with van der Waals surface area (Å²) in [6.07, 6.45) is 1.36. The van der Waals surface area contributed by atoms with Crippen LogP contribution in [0.2, 0.25) is 0 Å². The summed E-state index contributed by atoms with van der Waals surface area (Å²) in [6, 6.07) is 7.69. The van der Waals surface area contributed by atoms with Crippen molar-refractivity contribution in [3.63, 3.8) is 0 Å². The third kappa shape index (κ3) is 3.14. The van der Waals surface area contributed by atoms with Crippen LogP contribution in [0.4, 0.5) is 10.2 Å². The molecule has 3 heterocycles. The molecule has 1 aliphatic rings. The maximum absolute atomic E-state index is 13.5. The molecular weight excluding hydrogens is 321 g/mol. The molecule has 25 heavy (non-hydrogen) atoms. The molecule has 4 rings (SSSR count). The van der Waals surface area contributed by atoms with Gasteiger partial charge in [0.2, 0.25) is 0 Å². The lowest BCUT2D eigenvalue weighted by Gasteiger charge is -2.16. The van der Waals surface area contributed by atoms with Crippen molar-refractivity contribution in [1.29, 1.82) is 0 Å². The minimum atomic E-state index is -0.791. The summed E-state index contributed by atoms with van der Waals surface area (Å²) < 4.78 is 19.2. The van der Waals surface area contributed by atoms with Crippen LogP contribution in [0, 0.1) is 0 Å². The fourth-order valence-corrected chi connectivity index (χ4v) is 3.11. The van der Waals surface area contributed by atoms with Crippen molar-refractivity contribution in [1.82, 2.24) is 20.2 Å². The zero-order chi connectivity index (χ0) is 17.4. The average molecular weight is 341 g/mol. The number of ether oxygens (including phenoxy) is 1. The van der Waals surface area contributed by atoms with Gasteiger partial charge in [0.25, 0.3) is 0 Å². The lowest BCUT2D eigenvalue weighted by atomic mass is 10.1. The zero-order valence-corrected chi connectivity index (χ0v) is 14.2. The smallest absolute Gasteiger partial charge is 0.132 e. The summed E-state index contributed by atoms with van der Waals surface area (Å²) in [5.74, 6) is 1.52. The van der Waals surface area contributed by atoms with E-state index in [0.29, 0.717) is 25.2 Å². The van der Waals surface area contributed by atoms with Crippen LogP contribution in [0.1, 0.15) is 20.3 Å². The SMILES string of the molecule is CC(C)Oc1ccc2[nH]nc(-c3cc(N4CC[C@H](F)C4)ncn3)c2c1. The molecule has 1 atom stereocenters. The Labute approximate surface area is 145 Å². The molecule has 2 aromatic heterocycles. The second-order valence-corrected chi connectivity index (χ2v) is 6.54. The summed E-state index contributed by atoms with van der Waals surface area (Å²) >= 11 is 0. The molecule has 7 heteroatoms. The number of hydrogen-bond donors (Lipinski definition) is 1. The van der Waals surface area contributed by atoms with Crippen LogP contribution >= 0.6 is 0 Å². The van der Waals surface area contributed by atoms with Gasteiger partial charge in [-0.2, -0.15) is 5.10 Å². The van der Waals surface area contributed by atoms with E-state index in [2.05, 4.69) is 20.2 Å². The van der Waals surface area contributed by atoms with E-state index >= 15 is 0 Å². The Kier molecular flexibility index (Phi) is 3.99. The van der Waals surface area contributed by atoms with Crippen LogP contribution in [0.15, 0.2) is 30.6 Å². The van der Waals surface area contributed by atoms with Crippen molar-refractivity contribution < 1.29 is 9.13 Å². The van der Waals surface area contributed by atoms with E-state index in [9.17, 15) is 4.39 Å². The number of nitrogens with zero attached hydrogens (tertiary/aromatic N) is 4. The Morgan fingerprint density at radius 3 is 2.92 bits per heavy atom. The maximum Gasteiger partial charge on any atom is 0.132 e. The topological polar surface area (TPSA) is 66.9 Å². The van der Waals surface area contributed by atoms with E-state index in [4.69, 9.17) is 4.74 Å². The highest BCUT2D eigenvalue weighted by molar-refractivity contribution is 5.93. The van der Waals surface area contributed by atoms with Crippen LogP contribution in [-0.4, -0.2) is 45.5 Å². The van der Waals surface area contributed by atoms with Gasteiger partial charge in [-0.3, -0.25) is 5.10 Å². The molecule has 1 N–H and O–H groups in total. The van der Waals surface area contributed by atoms with Gasteiger partial charge in [-0.05, 0) is 38.5 Å². The Bertz CT molecular complexity index is 894. The van der Waals surface area contributed by atoms with E-state index in [1.807, 2.05) is 43.0 Å². The Balaban J connectivity index is 1.71. The number of hydrogen-bond acceptors (Lipinski definition) is 5. The van der Waals surface area contributed by atoms with Gasteiger partial charge < -0.3 is 9.64 Å². The van der Waals surface area contributed by atoms with E-state index in [0.717, 1.165) is 28.2 Å². The highest BCUT2D eigenvalue weighted by Crippen LogP contribution is 2.30. The Morgan fingerprint density at radius 1 is 1.28 bits per heavy atom. The third-order valence-electron chi connectivity index (χ3n) is 4.26. The van der Waals surface area contributed by atoms with E-state index in [-0.39, 0.29) is 6.10 Å². The molecular formula is C18H20FN5O. The van der Waals surface area contributed by atoms with Crippen molar-refractivity contribution in [2.75, 3.05) is 18.0 Å². The molecule has 1 saturated heterocycles. The number of halogens is 1. The van der Waals surface area contributed by atoms with Crippen LogP contribution in [0.3, 0.4) is 0 Å². The Hall–Kier alpha value is -2.70. The zero-order valence-electron chi connectivity index (χ0n) is 14.2. The van der Waals surface area contributed by atoms with Gasteiger partial charge in [-0.1, -0.05) is 0 Å². The van der Waals surface area contributed by atoms with Gasteiger partial charge in [0.05, 0.1) is 23.9 Å². The number of rotatable bonds is 4. The average Bonchev–Trinajstić information content (AvgIpc) is 3.20. The quantitative estimate of drug-likeness (QED) is 0.788. The fourth-order valence-electron chi connectivity index (χ4n) is 3.11. The number of anilines is 1. The van der Waals surface area contributed by atoms with Gasteiger partial charge in [0, 0.05) is 18.0 Å². The van der Waals surface area contributed by atoms with Gasteiger partial charge in [0.1, 0.15) is 29.8 Å². The summed E-state index contributed by atoms with van der Waals surface area (Å²) in [4.78, 5) is 10.6. The van der Waals surface area contributed by atoms with Crippen molar-refractivity contribution in [2.45, 2.75) is 32.5 Å². The minimum Gasteiger partial charge on any atom is -0.491 e. The number of nitrogens with one attached hydrogen (secondary N) is 1. The van der Waals surface area contributed by atoms with Gasteiger partial charge in [-0.25, -0.2) is 14.4 Å². The monoisotopic (exact) mass is 341 g/mol. The molecule has 0 bridgehead atoms. The number of alkyl halides is 1. The summed E-state index contributed by atoms with van der Waals surface area (Å²) in [6.45, 7) is 5.03. The predicted molar refractivity (Wildman–Crippen MR) is 94.6 cm³/mol. The Morgan fingerprint density at radius 2 is 2.16 bits per heavy atom. The summed E-state index contributed by atoms with van der Waals surface area (Å²) in [7, 11) is 0. The fraction of sp³-hybridized carbons (Fsp3) is 0.389. The van der Waals surface area contributed by atoms with Crippen molar-refractivity contribution in [3.05, 3.63) is 30.6 Å². The molecule has 1 fully saturated rings. The predicted octanol–water partition coefficient (Wildman–Crippen LogP) is 3.36. The van der Waals surface area contributed by atoms with Crippen molar-refractivity contribution in [2.24, 2.45) is 0 Å². The van der Waals surface area contributed by atoms with E-state index in [1.165, 1.54) is 6.33 Å². The molecule has 0 saturated carbocycles. The lowest BCUT2D eigenvalue weighted by Crippen LogP contribution is -2.21. The van der Waals surface area contributed by atoms with E-state index in [1.54, 1.807) is 0 Å². The summed E-state index contributed by atoms with van der Waals surface area (Å²) in [5, 5.41) is 8.37. The van der Waals surface area contributed by atoms with Crippen LogP contribution < -0.4 is 9.64 Å². The maximum atomic E-state index is 13.5. The number of benzene rings is 1. The molecule has 1 aromatic carbocycles. The first-order valence-electron chi connectivity index (χ1n) is 8.46. The third-order valence-corrected chi connectivity index (χ3v) is 4.26. The number of H-pyrrole nitrogens is 1. The molecule has 0 aliphatic carbocycles. The largest absolute Gasteiger partial charge is 0.491 e. The highest BCUT2D eigenvalue weighted by Gasteiger charge is 2.23. The molecule has 130 valence electrons. The normalized spacial score (nSPS) is 17.6. The first-order chi connectivity index (χ1) is 12.1. The van der Waals surface area contributed by atoms with Gasteiger partial charge in [-0.15, -0.1) is 0 Å². The van der Waals surface area contributed by atoms with Crippen molar-refractivity contribution in [3.8, 4) is 17.1 Å². The molecule has 1 aliphatic heterocycles. The van der Waals surface area contributed by atoms with Gasteiger partial charge >= 0.3 is 0 Å². The first-order valence-corrected chi connectivity index (χ1v) is 8.46. The number of fused-ring (bicyclic) bond motifs is 1. The standard InChI is InChI=1S/C18H20FN5O/c1-11(2)25-13-3-4-15-14(7-13)18(23-22-15)16-8-17(21-10-20-16)24-6-5-12(19)9-24/h3-4,7-8,10-12H,5-6,9H2,1-2H3,(H,22,23)/t12-/m0/s1. The minimum absolute atomic E-state index is 0.0993. The van der Waals surface area contributed by atoms with Crippen LogP contribution in [0.5, 0.6) is 5.75 Å². The summed E-state index contributed by atoms with van der Waals surface area (Å²) in [5.41, 5.74) is 2.36. The van der Waals surface area contributed by atoms with Crippen molar-refractivity contribution >= 4 is 16.7 Å². The van der Waals surface area contributed by atoms with Gasteiger partial charge in [0.15, 0.2) is 0 Å².